The van der Waals surface area contributed by atoms with Crippen LogP contribution >= 0.6 is 0 Å². The molecule has 4 N–H and O–H groups in total. The monoisotopic (exact) mass is 248 g/mol. The van der Waals surface area contributed by atoms with Crippen LogP contribution in [-0.4, -0.2) is 18.8 Å². The topological polar surface area (TPSA) is 86.0 Å². The second-order valence-electron chi connectivity index (χ2n) is 3.86. The highest BCUT2D eigenvalue weighted by Gasteiger charge is 1.99. The first-order valence-corrected chi connectivity index (χ1v) is 6.08. The van der Waals surface area contributed by atoms with E-state index in [2.05, 4.69) is 17.1 Å². The number of guanidine groups is 1. The molecular formula is C13H20N4O. The molecule has 0 aliphatic carbocycles. The maximum absolute atomic E-state index is 5.69. The van der Waals surface area contributed by atoms with Crippen LogP contribution in [0, 0.1) is 0 Å². The molecule has 0 atom stereocenters. The average molecular weight is 248 g/mol. The number of rotatable bonds is 7. The van der Waals surface area contributed by atoms with E-state index < -0.39 is 0 Å². The molecule has 0 saturated carbocycles. The molecule has 1 aromatic rings. The van der Waals surface area contributed by atoms with Crippen LogP contribution in [0.25, 0.3) is 0 Å². The van der Waals surface area contributed by atoms with Crippen molar-refractivity contribution in [3.63, 3.8) is 0 Å². The number of para-hydroxylation sites is 1. The summed E-state index contributed by atoms with van der Waals surface area (Å²) < 4.78 is 5.69. The zero-order valence-electron chi connectivity index (χ0n) is 10.7. The largest absolute Gasteiger partial charge is 0.493 e. The van der Waals surface area contributed by atoms with Gasteiger partial charge in [0.2, 0.25) is 5.96 Å². The summed E-state index contributed by atoms with van der Waals surface area (Å²) in [7, 11) is 0. The van der Waals surface area contributed by atoms with Gasteiger partial charge in [-0.2, -0.15) is 5.10 Å². The van der Waals surface area contributed by atoms with Crippen LogP contribution < -0.4 is 16.2 Å². The third-order valence-corrected chi connectivity index (χ3v) is 2.29. The lowest BCUT2D eigenvalue weighted by Crippen LogP contribution is -2.21. The molecule has 0 saturated heterocycles. The summed E-state index contributed by atoms with van der Waals surface area (Å²) in [6.45, 7) is 2.87. The van der Waals surface area contributed by atoms with Gasteiger partial charge in [-0.3, -0.25) is 0 Å². The van der Waals surface area contributed by atoms with Crippen LogP contribution in [0.2, 0.25) is 0 Å². The van der Waals surface area contributed by atoms with Gasteiger partial charge in [-0.1, -0.05) is 31.9 Å². The highest BCUT2D eigenvalue weighted by molar-refractivity contribution is 5.84. The fraction of sp³-hybridized carbons (Fsp3) is 0.385. The lowest BCUT2D eigenvalue weighted by molar-refractivity contribution is 0.306. The Bertz CT molecular complexity index is 411. The first-order chi connectivity index (χ1) is 8.74. The van der Waals surface area contributed by atoms with Gasteiger partial charge in [-0.15, -0.1) is 5.10 Å². The zero-order chi connectivity index (χ0) is 13.2. The molecule has 0 heterocycles. The minimum Gasteiger partial charge on any atom is -0.493 e. The van der Waals surface area contributed by atoms with Gasteiger partial charge in [0.1, 0.15) is 5.75 Å². The molecule has 0 amide bonds. The molecule has 18 heavy (non-hydrogen) atoms. The molecule has 0 aliphatic heterocycles. The fourth-order valence-corrected chi connectivity index (χ4v) is 1.41. The molecule has 0 fully saturated rings. The van der Waals surface area contributed by atoms with E-state index in [9.17, 15) is 0 Å². The summed E-state index contributed by atoms with van der Waals surface area (Å²) in [5.41, 5.74) is 11.2. The fourth-order valence-electron chi connectivity index (χ4n) is 1.41. The Morgan fingerprint density at radius 1 is 1.28 bits per heavy atom. The van der Waals surface area contributed by atoms with Crippen LogP contribution in [0.5, 0.6) is 5.75 Å². The second-order valence-corrected chi connectivity index (χ2v) is 3.86. The summed E-state index contributed by atoms with van der Waals surface area (Å²) in [4.78, 5) is 0. The number of hydrogen-bond acceptors (Lipinski definition) is 3. The number of ether oxygens (including phenoxy) is 1. The standard InChI is InChI=1S/C13H20N4O/c1-2-3-6-9-18-12-8-5-4-7-11(12)10-16-17-13(14)15/h4-5,7-8,10H,2-3,6,9H2,1H3,(H4,14,15,17)/b16-10+. The quantitative estimate of drug-likeness (QED) is 0.334. The van der Waals surface area contributed by atoms with E-state index in [0.29, 0.717) is 6.61 Å². The van der Waals surface area contributed by atoms with Crippen LogP contribution in [-0.2, 0) is 0 Å². The molecule has 0 aromatic heterocycles. The molecule has 1 aromatic carbocycles. The molecule has 5 heteroatoms. The Balaban J connectivity index is 2.61. The Morgan fingerprint density at radius 2 is 2.06 bits per heavy atom. The van der Waals surface area contributed by atoms with Gasteiger partial charge in [-0.05, 0) is 18.6 Å². The maximum atomic E-state index is 5.69. The highest BCUT2D eigenvalue weighted by atomic mass is 16.5. The Morgan fingerprint density at radius 3 is 2.78 bits per heavy atom. The average Bonchev–Trinajstić information content (AvgIpc) is 2.36. The maximum Gasteiger partial charge on any atom is 0.211 e. The SMILES string of the molecule is CCCCCOc1ccccc1/C=N/N=C(N)N. The van der Waals surface area contributed by atoms with E-state index in [0.717, 1.165) is 17.7 Å². The van der Waals surface area contributed by atoms with Gasteiger partial charge in [-0.25, -0.2) is 0 Å². The van der Waals surface area contributed by atoms with E-state index in [-0.39, 0.29) is 5.96 Å². The van der Waals surface area contributed by atoms with E-state index in [1.54, 1.807) is 6.21 Å². The normalized spacial score (nSPS) is 10.5. The van der Waals surface area contributed by atoms with Crippen molar-refractivity contribution in [1.82, 2.24) is 0 Å². The zero-order valence-corrected chi connectivity index (χ0v) is 10.7. The minimum absolute atomic E-state index is 0.0624. The first-order valence-electron chi connectivity index (χ1n) is 6.08. The molecule has 1 rings (SSSR count). The van der Waals surface area contributed by atoms with Crippen molar-refractivity contribution in [2.24, 2.45) is 21.7 Å². The highest BCUT2D eigenvalue weighted by Crippen LogP contribution is 2.16. The number of nitrogens with two attached hydrogens (primary N) is 2. The second kappa shape index (κ2) is 8.11. The number of benzene rings is 1. The predicted molar refractivity (Wildman–Crippen MR) is 74.9 cm³/mol. The summed E-state index contributed by atoms with van der Waals surface area (Å²) in [6, 6.07) is 7.65. The molecule has 0 radical (unpaired) electrons. The summed E-state index contributed by atoms with van der Waals surface area (Å²) in [5.74, 6) is 0.732. The van der Waals surface area contributed by atoms with Crippen molar-refractivity contribution in [2.75, 3.05) is 6.61 Å². The Kier molecular flexibility index (Phi) is 6.32. The van der Waals surface area contributed by atoms with Gasteiger partial charge in [0.15, 0.2) is 0 Å². The van der Waals surface area contributed by atoms with Crippen molar-refractivity contribution in [2.45, 2.75) is 26.2 Å². The lowest BCUT2D eigenvalue weighted by Gasteiger charge is -2.07. The van der Waals surface area contributed by atoms with Crippen LogP contribution in [0.3, 0.4) is 0 Å². The van der Waals surface area contributed by atoms with Crippen molar-refractivity contribution in [3.05, 3.63) is 29.8 Å². The molecular weight excluding hydrogens is 228 g/mol. The van der Waals surface area contributed by atoms with Crippen molar-refractivity contribution < 1.29 is 4.74 Å². The van der Waals surface area contributed by atoms with E-state index in [1.165, 1.54) is 12.8 Å². The first kappa shape index (κ1) is 14.0. The minimum atomic E-state index is -0.0624. The van der Waals surface area contributed by atoms with Crippen molar-refractivity contribution in [1.29, 1.82) is 0 Å². The van der Waals surface area contributed by atoms with Crippen LogP contribution in [0.4, 0.5) is 0 Å². The molecule has 0 aliphatic rings. The van der Waals surface area contributed by atoms with E-state index >= 15 is 0 Å². The Labute approximate surface area is 108 Å². The van der Waals surface area contributed by atoms with Gasteiger partial charge in [0, 0.05) is 5.56 Å². The molecule has 98 valence electrons. The van der Waals surface area contributed by atoms with Gasteiger partial charge < -0.3 is 16.2 Å². The summed E-state index contributed by atoms with van der Waals surface area (Å²) in [5, 5.41) is 7.34. The molecule has 0 unspecified atom stereocenters. The van der Waals surface area contributed by atoms with Crippen molar-refractivity contribution in [3.8, 4) is 5.75 Å². The smallest absolute Gasteiger partial charge is 0.211 e. The lowest BCUT2D eigenvalue weighted by atomic mass is 10.2. The number of unbranched alkanes of at least 4 members (excludes halogenated alkanes) is 2. The van der Waals surface area contributed by atoms with E-state index in [4.69, 9.17) is 16.2 Å². The van der Waals surface area contributed by atoms with Crippen LogP contribution in [0.15, 0.2) is 34.5 Å². The Hall–Kier alpha value is -2.04. The van der Waals surface area contributed by atoms with Crippen LogP contribution in [0.1, 0.15) is 31.7 Å². The molecule has 0 spiro atoms. The third kappa shape index (κ3) is 5.34. The number of nitrogens with zero attached hydrogens (tertiary/aromatic N) is 2. The van der Waals surface area contributed by atoms with Gasteiger partial charge in [0.25, 0.3) is 0 Å². The predicted octanol–water partition coefficient (Wildman–Crippen LogP) is 1.86. The third-order valence-electron chi connectivity index (χ3n) is 2.29. The van der Waals surface area contributed by atoms with Gasteiger partial charge in [0.05, 0.1) is 12.8 Å². The molecule has 5 nitrogen and oxygen atoms in total. The number of hydrogen-bond donors (Lipinski definition) is 2. The van der Waals surface area contributed by atoms with Gasteiger partial charge >= 0.3 is 0 Å². The van der Waals surface area contributed by atoms with E-state index in [1.807, 2.05) is 24.3 Å². The summed E-state index contributed by atoms with van der Waals surface area (Å²) in [6.07, 6.45) is 4.98. The molecule has 0 bridgehead atoms. The summed E-state index contributed by atoms with van der Waals surface area (Å²) >= 11 is 0. The van der Waals surface area contributed by atoms with Crippen molar-refractivity contribution >= 4 is 12.2 Å².